The van der Waals surface area contributed by atoms with Crippen LogP contribution in [0.25, 0.3) is 0 Å². The molecule has 2 amide bonds. The lowest BCUT2D eigenvalue weighted by Crippen LogP contribution is -2.51. The van der Waals surface area contributed by atoms with E-state index in [9.17, 15) is 18.0 Å². The van der Waals surface area contributed by atoms with Crippen molar-refractivity contribution in [3.63, 3.8) is 0 Å². The number of amides is 2. The SMILES string of the molecule is CC(C)CNC(=O)C(Cc1ccccc1)N(Cc1ccc(Cl)cc1Cl)C(=O)CCCN(c1cc(Cl)ccc1Cl)S(C)(=O)=O. The van der Waals surface area contributed by atoms with Crippen molar-refractivity contribution in [1.82, 2.24) is 10.2 Å². The Bertz CT molecular complexity index is 1520. The number of carbonyl (C=O) groups is 2. The summed E-state index contributed by atoms with van der Waals surface area (Å²) in [6.45, 7) is 4.45. The summed E-state index contributed by atoms with van der Waals surface area (Å²) in [4.78, 5) is 29.1. The van der Waals surface area contributed by atoms with Crippen LogP contribution in [0.1, 0.15) is 37.8 Å². The van der Waals surface area contributed by atoms with Crippen LogP contribution in [0, 0.1) is 5.92 Å². The maximum atomic E-state index is 14.0. The zero-order valence-corrected chi connectivity index (χ0v) is 28.0. The van der Waals surface area contributed by atoms with Gasteiger partial charge in [-0.1, -0.05) is 96.6 Å². The third-order valence-corrected chi connectivity index (χ3v) is 8.96. The molecule has 0 aromatic heterocycles. The Hall–Kier alpha value is -2.49. The number of benzene rings is 3. The Morgan fingerprint density at radius 3 is 2.16 bits per heavy atom. The molecule has 0 saturated carbocycles. The van der Waals surface area contributed by atoms with Crippen LogP contribution < -0.4 is 9.62 Å². The van der Waals surface area contributed by atoms with Crippen molar-refractivity contribution >= 4 is 73.9 Å². The van der Waals surface area contributed by atoms with Crippen LogP contribution in [-0.4, -0.2) is 50.5 Å². The number of nitrogens with zero attached hydrogens (tertiary/aromatic N) is 2. The first-order chi connectivity index (χ1) is 20.3. The number of hydrogen-bond acceptors (Lipinski definition) is 4. The first-order valence-electron chi connectivity index (χ1n) is 13.7. The topological polar surface area (TPSA) is 86.8 Å². The van der Waals surface area contributed by atoms with Crippen LogP contribution >= 0.6 is 46.4 Å². The maximum absolute atomic E-state index is 14.0. The van der Waals surface area contributed by atoms with Crippen LogP contribution in [-0.2, 0) is 32.6 Å². The van der Waals surface area contributed by atoms with Crippen molar-refractivity contribution in [3.8, 4) is 0 Å². The van der Waals surface area contributed by atoms with E-state index in [1.807, 2.05) is 44.2 Å². The molecule has 0 bridgehead atoms. The summed E-state index contributed by atoms with van der Waals surface area (Å²) in [6, 6.07) is 18.1. The van der Waals surface area contributed by atoms with Gasteiger partial charge < -0.3 is 10.2 Å². The third-order valence-electron chi connectivity index (χ3n) is 6.64. The molecule has 3 aromatic carbocycles. The fraction of sp³-hybridized carbons (Fsp3) is 0.355. The molecule has 1 unspecified atom stereocenters. The van der Waals surface area contributed by atoms with E-state index in [2.05, 4.69) is 5.32 Å². The Morgan fingerprint density at radius 2 is 1.53 bits per heavy atom. The monoisotopic (exact) mass is 685 g/mol. The molecule has 1 N–H and O–H groups in total. The first-order valence-corrected chi connectivity index (χ1v) is 17.1. The highest BCUT2D eigenvalue weighted by Gasteiger charge is 2.31. The van der Waals surface area contributed by atoms with Gasteiger partial charge in [0.1, 0.15) is 6.04 Å². The van der Waals surface area contributed by atoms with Gasteiger partial charge in [-0.25, -0.2) is 8.42 Å². The standard InChI is InChI=1S/C31H35Cl4N3O4S/c1-21(2)19-36-31(40)29(16-22-8-5-4-6-9-22)37(20-23-11-12-24(32)17-27(23)35)30(39)10-7-15-38(43(3,41)42)28-18-25(33)13-14-26(28)34/h4-6,8-9,11-14,17-18,21,29H,7,10,15-16,19-20H2,1-3H3,(H,36,40). The zero-order valence-electron chi connectivity index (χ0n) is 24.2. The van der Waals surface area contributed by atoms with Crippen molar-refractivity contribution in [2.45, 2.75) is 45.7 Å². The molecule has 3 aromatic rings. The summed E-state index contributed by atoms with van der Waals surface area (Å²) in [5, 5.41) is 4.32. The lowest BCUT2D eigenvalue weighted by Gasteiger charge is -2.32. The highest BCUT2D eigenvalue weighted by molar-refractivity contribution is 7.92. The van der Waals surface area contributed by atoms with Gasteiger partial charge in [-0.05, 0) is 53.8 Å². The second kappa shape index (κ2) is 16.0. The van der Waals surface area contributed by atoms with Gasteiger partial charge in [0.05, 0.1) is 17.0 Å². The predicted molar refractivity (Wildman–Crippen MR) is 177 cm³/mol. The van der Waals surface area contributed by atoms with Crippen LogP contribution in [0.4, 0.5) is 5.69 Å². The molecule has 0 heterocycles. The number of nitrogens with one attached hydrogen (secondary N) is 1. The highest BCUT2D eigenvalue weighted by atomic mass is 35.5. The summed E-state index contributed by atoms with van der Waals surface area (Å²) in [6.07, 6.45) is 1.45. The molecule has 0 radical (unpaired) electrons. The molecular weight excluding hydrogens is 652 g/mol. The minimum Gasteiger partial charge on any atom is -0.354 e. The van der Waals surface area contributed by atoms with Gasteiger partial charge in [0.25, 0.3) is 0 Å². The molecule has 0 saturated heterocycles. The summed E-state index contributed by atoms with van der Waals surface area (Å²) >= 11 is 25.0. The van der Waals surface area contributed by atoms with Gasteiger partial charge in [0.2, 0.25) is 21.8 Å². The van der Waals surface area contributed by atoms with Crippen molar-refractivity contribution in [2.75, 3.05) is 23.7 Å². The van der Waals surface area contributed by atoms with E-state index in [-0.39, 0.29) is 60.8 Å². The van der Waals surface area contributed by atoms with Gasteiger partial charge >= 0.3 is 0 Å². The minimum atomic E-state index is -3.75. The first kappa shape index (κ1) is 35.0. The highest BCUT2D eigenvalue weighted by Crippen LogP contribution is 2.31. The van der Waals surface area contributed by atoms with Crippen molar-refractivity contribution in [2.24, 2.45) is 5.92 Å². The van der Waals surface area contributed by atoms with E-state index < -0.39 is 16.1 Å². The molecular formula is C31H35Cl4N3O4S. The second-order valence-electron chi connectivity index (χ2n) is 10.6. The predicted octanol–water partition coefficient (Wildman–Crippen LogP) is 7.26. The molecule has 0 aliphatic carbocycles. The number of carbonyl (C=O) groups excluding carboxylic acids is 2. The Labute approximate surface area is 274 Å². The average molecular weight is 688 g/mol. The van der Waals surface area contributed by atoms with Crippen molar-refractivity contribution in [1.29, 1.82) is 0 Å². The summed E-state index contributed by atoms with van der Waals surface area (Å²) < 4.78 is 26.5. The number of sulfonamides is 1. The van der Waals surface area contributed by atoms with Gasteiger partial charge in [-0.15, -0.1) is 0 Å². The number of anilines is 1. The molecule has 7 nitrogen and oxygen atoms in total. The molecule has 1 atom stereocenters. The van der Waals surface area contributed by atoms with Crippen molar-refractivity contribution < 1.29 is 18.0 Å². The van der Waals surface area contributed by atoms with E-state index in [0.29, 0.717) is 27.2 Å². The zero-order chi connectivity index (χ0) is 31.7. The fourth-order valence-electron chi connectivity index (χ4n) is 4.47. The average Bonchev–Trinajstić information content (AvgIpc) is 2.94. The maximum Gasteiger partial charge on any atom is 0.243 e. The molecule has 0 fully saturated rings. The second-order valence-corrected chi connectivity index (χ2v) is 14.2. The van der Waals surface area contributed by atoms with Crippen LogP contribution in [0.15, 0.2) is 66.7 Å². The molecule has 232 valence electrons. The van der Waals surface area contributed by atoms with Gasteiger partial charge in [0.15, 0.2) is 0 Å². The van der Waals surface area contributed by atoms with Gasteiger partial charge in [-0.3, -0.25) is 13.9 Å². The molecule has 0 aliphatic rings. The van der Waals surface area contributed by atoms with E-state index in [1.165, 1.54) is 17.0 Å². The lowest BCUT2D eigenvalue weighted by molar-refractivity contribution is -0.141. The molecule has 12 heteroatoms. The number of halogens is 4. The Kier molecular flexibility index (Phi) is 13.0. The summed E-state index contributed by atoms with van der Waals surface area (Å²) in [7, 11) is -3.75. The normalized spacial score (nSPS) is 12.2. The minimum absolute atomic E-state index is 0.0247. The van der Waals surface area contributed by atoms with Crippen LogP contribution in [0.2, 0.25) is 20.1 Å². The summed E-state index contributed by atoms with van der Waals surface area (Å²) in [5.74, 6) is -0.423. The van der Waals surface area contributed by atoms with Crippen LogP contribution in [0.3, 0.4) is 0 Å². The van der Waals surface area contributed by atoms with E-state index in [4.69, 9.17) is 46.4 Å². The van der Waals surface area contributed by atoms with Gasteiger partial charge in [0, 0.05) is 47.5 Å². The van der Waals surface area contributed by atoms with Crippen LogP contribution in [0.5, 0.6) is 0 Å². The molecule has 3 rings (SSSR count). The van der Waals surface area contributed by atoms with Gasteiger partial charge in [-0.2, -0.15) is 0 Å². The molecule has 0 spiro atoms. The Balaban J connectivity index is 1.93. The number of hydrogen-bond donors (Lipinski definition) is 1. The van der Waals surface area contributed by atoms with E-state index >= 15 is 0 Å². The van der Waals surface area contributed by atoms with Crippen molar-refractivity contribution in [3.05, 3.63) is 97.9 Å². The van der Waals surface area contributed by atoms with E-state index in [1.54, 1.807) is 24.3 Å². The molecule has 0 aliphatic heterocycles. The Morgan fingerprint density at radius 1 is 0.884 bits per heavy atom. The smallest absolute Gasteiger partial charge is 0.243 e. The molecule has 43 heavy (non-hydrogen) atoms. The lowest BCUT2D eigenvalue weighted by atomic mass is 10.0. The fourth-order valence-corrected chi connectivity index (χ4v) is 6.34. The quantitative estimate of drug-likeness (QED) is 0.193. The summed E-state index contributed by atoms with van der Waals surface area (Å²) in [5.41, 5.74) is 1.73. The number of rotatable bonds is 14. The third kappa shape index (κ3) is 10.6. The van der Waals surface area contributed by atoms with E-state index in [0.717, 1.165) is 16.1 Å². The largest absolute Gasteiger partial charge is 0.354 e.